The number of carbonyl (C=O) groups excluding carboxylic acids is 2. The van der Waals surface area contributed by atoms with Crippen LogP contribution < -0.4 is 5.32 Å². The molecule has 1 aliphatic heterocycles. The van der Waals surface area contributed by atoms with E-state index >= 15 is 0 Å². The molecule has 0 radical (unpaired) electrons. The standard InChI is InChI=1S/C21H31N3O2/c1-15(17-9-8-16-6-4-5-7-18(16)14-17)22-20(25)21(26)24(3)19-10-12-23(2)13-11-19/h8-9,14-15,19H,4-7,10-13H2,1-3H3,(H,22,25). The minimum Gasteiger partial charge on any atom is -0.341 e. The first kappa shape index (κ1) is 18.9. The van der Waals surface area contributed by atoms with Gasteiger partial charge >= 0.3 is 11.8 Å². The van der Waals surface area contributed by atoms with E-state index < -0.39 is 11.8 Å². The summed E-state index contributed by atoms with van der Waals surface area (Å²) in [6, 6.07) is 6.46. The Bertz CT molecular complexity index is 665. The highest BCUT2D eigenvalue weighted by molar-refractivity contribution is 6.35. The van der Waals surface area contributed by atoms with E-state index in [0.717, 1.165) is 44.3 Å². The molecule has 1 aliphatic carbocycles. The Morgan fingerprint density at radius 1 is 1.15 bits per heavy atom. The SMILES string of the molecule is CC(NC(=O)C(=O)N(C)C1CCN(C)CC1)c1ccc2c(c1)CCCC2. The smallest absolute Gasteiger partial charge is 0.311 e. The van der Waals surface area contributed by atoms with Crippen LogP contribution in [0.4, 0.5) is 0 Å². The Labute approximate surface area is 156 Å². The molecule has 5 nitrogen and oxygen atoms in total. The average molecular weight is 357 g/mol. The quantitative estimate of drug-likeness (QED) is 0.845. The lowest BCUT2D eigenvalue weighted by Gasteiger charge is -2.34. The molecular weight excluding hydrogens is 326 g/mol. The number of rotatable bonds is 3. The zero-order valence-electron chi connectivity index (χ0n) is 16.3. The zero-order valence-corrected chi connectivity index (χ0v) is 16.3. The van der Waals surface area contributed by atoms with Crippen molar-refractivity contribution in [3.05, 3.63) is 34.9 Å². The van der Waals surface area contributed by atoms with Crippen molar-refractivity contribution < 1.29 is 9.59 Å². The summed E-state index contributed by atoms with van der Waals surface area (Å²) in [5, 5.41) is 2.89. The van der Waals surface area contributed by atoms with E-state index in [0.29, 0.717) is 0 Å². The number of hydrogen-bond donors (Lipinski definition) is 1. The topological polar surface area (TPSA) is 52.7 Å². The fourth-order valence-electron chi connectivity index (χ4n) is 4.07. The van der Waals surface area contributed by atoms with E-state index in [4.69, 9.17) is 0 Å². The molecule has 2 aliphatic rings. The largest absolute Gasteiger partial charge is 0.341 e. The van der Waals surface area contributed by atoms with Gasteiger partial charge in [-0.1, -0.05) is 18.2 Å². The van der Waals surface area contributed by atoms with E-state index in [9.17, 15) is 9.59 Å². The van der Waals surface area contributed by atoms with Crippen molar-refractivity contribution >= 4 is 11.8 Å². The van der Waals surface area contributed by atoms with Gasteiger partial charge in [0.25, 0.3) is 0 Å². The van der Waals surface area contributed by atoms with E-state index in [1.165, 1.54) is 24.0 Å². The summed E-state index contributed by atoms with van der Waals surface area (Å²) in [5.74, 6) is -0.930. The molecule has 0 aromatic heterocycles. The number of benzene rings is 1. The van der Waals surface area contributed by atoms with Crippen molar-refractivity contribution in [2.75, 3.05) is 27.2 Å². The predicted octanol–water partition coefficient (Wildman–Crippen LogP) is 2.30. The van der Waals surface area contributed by atoms with E-state index in [-0.39, 0.29) is 12.1 Å². The van der Waals surface area contributed by atoms with E-state index in [1.54, 1.807) is 11.9 Å². The third kappa shape index (κ3) is 4.26. The normalized spacial score (nSPS) is 19.5. The van der Waals surface area contributed by atoms with Crippen LogP contribution in [0.2, 0.25) is 0 Å². The van der Waals surface area contributed by atoms with Gasteiger partial charge in [0.05, 0.1) is 6.04 Å². The fourth-order valence-corrected chi connectivity index (χ4v) is 4.07. The summed E-state index contributed by atoms with van der Waals surface area (Å²) < 4.78 is 0. The van der Waals surface area contributed by atoms with Crippen LogP contribution in [0.25, 0.3) is 0 Å². The fraction of sp³-hybridized carbons (Fsp3) is 0.619. The number of likely N-dealkylation sites (tertiary alicyclic amines) is 1. The number of nitrogens with one attached hydrogen (secondary N) is 1. The van der Waals surface area contributed by atoms with Crippen molar-refractivity contribution in [3.63, 3.8) is 0 Å². The van der Waals surface area contributed by atoms with Crippen LogP contribution in [-0.4, -0.2) is 54.8 Å². The van der Waals surface area contributed by atoms with Gasteiger partial charge in [-0.3, -0.25) is 9.59 Å². The Morgan fingerprint density at radius 3 is 2.50 bits per heavy atom. The molecule has 0 saturated carbocycles. The first-order valence-electron chi connectivity index (χ1n) is 9.83. The van der Waals surface area contributed by atoms with Crippen LogP contribution in [0.1, 0.15) is 55.3 Å². The van der Waals surface area contributed by atoms with Crippen molar-refractivity contribution in [1.82, 2.24) is 15.1 Å². The summed E-state index contributed by atoms with van der Waals surface area (Å²) in [4.78, 5) is 28.9. The second-order valence-corrected chi connectivity index (χ2v) is 7.88. The highest BCUT2D eigenvalue weighted by Crippen LogP contribution is 2.25. The van der Waals surface area contributed by atoms with Gasteiger partial charge in [0, 0.05) is 13.1 Å². The van der Waals surface area contributed by atoms with Gasteiger partial charge in [0.1, 0.15) is 0 Å². The van der Waals surface area contributed by atoms with Gasteiger partial charge in [-0.05, 0) is 82.3 Å². The van der Waals surface area contributed by atoms with Gasteiger partial charge in [-0.15, -0.1) is 0 Å². The third-order valence-electron chi connectivity index (χ3n) is 5.97. The molecule has 1 unspecified atom stereocenters. The number of fused-ring (bicyclic) bond motifs is 1. The predicted molar refractivity (Wildman–Crippen MR) is 103 cm³/mol. The lowest BCUT2D eigenvalue weighted by Crippen LogP contribution is -2.49. The lowest BCUT2D eigenvalue weighted by atomic mass is 9.89. The highest BCUT2D eigenvalue weighted by atomic mass is 16.2. The van der Waals surface area contributed by atoms with Gasteiger partial charge in [-0.25, -0.2) is 0 Å². The maximum atomic E-state index is 12.5. The number of amides is 2. The molecular formula is C21H31N3O2. The number of carbonyl (C=O) groups is 2. The number of likely N-dealkylation sites (N-methyl/N-ethyl adjacent to an activating group) is 1. The molecule has 0 bridgehead atoms. The van der Waals surface area contributed by atoms with E-state index in [2.05, 4.69) is 35.5 Å². The highest BCUT2D eigenvalue weighted by Gasteiger charge is 2.28. The average Bonchev–Trinajstić information content (AvgIpc) is 2.67. The van der Waals surface area contributed by atoms with Crippen LogP contribution in [0.5, 0.6) is 0 Å². The number of aryl methyl sites for hydroxylation is 2. The van der Waals surface area contributed by atoms with Crippen molar-refractivity contribution in [2.24, 2.45) is 0 Å². The first-order chi connectivity index (χ1) is 12.5. The van der Waals surface area contributed by atoms with Crippen LogP contribution in [0.3, 0.4) is 0 Å². The van der Waals surface area contributed by atoms with Gasteiger partial charge in [0.15, 0.2) is 0 Å². The monoisotopic (exact) mass is 357 g/mol. The molecule has 3 rings (SSSR count). The summed E-state index contributed by atoms with van der Waals surface area (Å²) in [5.41, 5.74) is 3.90. The lowest BCUT2D eigenvalue weighted by molar-refractivity contribution is -0.147. The Kier molecular flexibility index (Phi) is 5.97. The van der Waals surface area contributed by atoms with E-state index in [1.807, 2.05) is 6.92 Å². The summed E-state index contributed by atoms with van der Waals surface area (Å²) in [7, 11) is 3.84. The Hall–Kier alpha value is -1.88. The van der Waals surface area contributed by atoms with Gasteiger partial charge in [-0.2, -0.15) is 0 Å². The molecule has 2 amide bonds. The van der Waals surface area contributed by atoms with Crippen molar-refractivity contribution in [2.45, 2.75) is 57.5 Å². The maximum absolute atomic E-state index is 12.5. The Balaban J connectivity index is 1.59. The molecule has 1 saturated heterocycles. The Morgan fingerprint density at radius 2 is 1.81 bits per heavy atom. The zero-order chi connectivity index (χ0) is 18.7. The van der Waals surface area contributed by atoms with Crippen molar-refractivity contribution in [1.29, 1.82) is 0 Å². The summed E-state index contributed by atoms with van der Waals surface area (Å²) in [6.07, 6.45) is 6.60. The third-order valence-corrected chi connectivity index (χ3v) is 5.97. The molecule has 1 heterocycles. The second-order valence-electron chi connectivity index (χ2n) is 7.88. The minimum atomic E-state index is -0.503. The second kappa shape index (κ2) is 8.21. The number of nitrogens with zero attached hydrogens (tertiary/aromatic N) is 2. The molecule has 5 heteroatoms. The van der Waals surface area contributed by atoms with Gasteiger partial charge < -0.3 is 15.1 Å². The van der Waals surface area contributed by atoms with Crippen molar-refractivity contribution in [3.8, 4) is 0 Å². The summed E-state index contributed by atoms with van der Waals surface area (Å²) >= 11 is 0. The van der Waals surface area contributed by atoms with Crippen LogP contribution in [0.15, 0.2) is 18.2 Å². The summed E-state index contributed by atoms with van der Waals surface area (Å²) in [6.45, 7) is 3.89. The molecule has 0 spiro atoms. The molecule has 1 fully saturated rings. The molecule has 1 atom stereocenters. The number of piperidine rings is 1. The minimum absolute atomic E-state index is 0.156. The molecule has 1 aromatic rings. The maximum Gasteiger partial charge on any atom is 0.311 e. The van der Waals surface area contributed by atoms with Gasteiger partial charge in [0.2, 0.25) is 0 Å². The molecule has 142 valence electrons. The molecule has 1 aromatic carbocycles. The van der Waals surface area contributed by atoms with Crippen LogP contribution in [0, 0.1) is 0 Å². The van der Waals surface area contributed by atoms with Crippen LogP contribution in [-0.2, 0) is 22.4 Å². The first-order valence-corrected chi connectivity index (χ1v) is 9.83. The molecule has 1 N–H and O–H groups in total. The number of hydrogen-bond acceptors (Lipinski definition) is 3. The molecule has 26 heavy (non-hydrogen) atoms. The van der Waals surface area contributed by atoms with Crippen LogP contribution >= 0.6 is 0 Å².